The smallest absolute Gasteiger partial charge is 0.211 e. The average Bonchev–Trinajstić information content (AvgIpc) is 2.61. The van der Waals surface area contributed by atoms with Crippen LogP contribution in [-0.2, 0) is 4.79 Å². The number of fused-ring (bicyclic) bond motifs is 2. The molecule has 0 atom stereocenters. The highest BCUT2D eigenvalue weighted by Crippen LogP contribution is 2.36. The second-order valence-electron chi connectivity index (χ2n) is 5.44. The van der Waals surface area contributed by atoms with Crippen molar-refractivity contribution in [2.45, 2.75) is 0 Å². The van der Waals surface area contributed by atoms with E-state index >= 15 is 0 Å². The van der Waals surface area contributed by atoms with Crippen molar-refractivity contribution in [2.75, 3.05) is 0 Å². The summed E-state index contributed by atoms with van der Waals surface area (Å²) in [5.74, 6) is 0. The van der Waals surface area contributed by atoms with E-state index in [-0.39, 0.29) is 0 Å². The number of nitrogens with zero attached hydrogens (tertiary/aromatic N) is 1. The van der Waals surface area contributed by atoms with Crippen molar-refractivity contribution in [2.24, 2.45) is 4.99 Å². The van der Waals surface area contributed by atoms with Crippen molar-refractivity contribution in [3.05, 3.63) is 78.9 Å². The topological polar surface area (TPSA) is 29.4 Å². The fourth-order valence-electron chi connectivity index (χ4n) is 3.08. The summed E-state index contributed by atoms with van der Waals surface area (Å²) in [6.45, 7) is 0. The molecule has 23 heavy (non-hydrogen) atoms. The molecule has 0 radical (unpaired) electrons. The predicted molar refractivity (Wildman–Crippen MR) is 94.7 cm³/mol. The van der Waals surface area contributed by atoms with Crippen LogP contribution in [0.25, 0.3) is 32.7 Å². The molecule has 0 bridgehead atoms. The third-order valence-electron chi connectivity index (χ3n) is 4.10. The Kier molecular flexibility index (Phi) is 3.23. The highest BCUT2D eigenvalue weighted by molar-refractivity contribution is 6.12. The van der Waals surface area contributed by atoms with Crippen LogP contribution < -0.4 is 0 Å². The molecular weight excluding hydrogens is 282 g/mol. The summed E-state index contributed by atoms with van der Waals surface area (Å²) in [5, 5.41) is 4.88. The van der Waals surface area contributed by atoms with Crippen molar-refractivity contribution in [1.29, 1.82) is 0 Å². The molecule has 4 aromatic rings. The van der Waals surface area contributed by atoms with Crippen LogP contribution in [0.15, 0.2) is 83.9 Å². The highest BCUT2D eigenvalue weighted by Gasteiger charge is 2.09. The van der Waals surface area contributed by atoms with Crippen LogP contribution in [-0.4, -0.2) is 6.08 Å². The Morgan fingerprint density at radius 2 is 1.26 bits per heavy atom. The third-order valence-corrected chi connectivity index (χ3v) is 4.10. The Morgan fingerprint density at radius 3 is 1.83 bits per heavy atom. The zero-order chi connectivity index (χ0) is 15.6. The highest BCUT2D eigenvalue weighted by atomic mass is 16.1. The summed E-state index contributed by atoms with van der Waals surface area (Å²) in [6.07, 6.45) is 1.58. The molecular formula is C21H13NO. The van der Waals surface area contributed by atoms with E-state index in [2.05, 4.69) is 59.6 Å². The van der Waals surface area contributed by atoms with Crippen molar-refractivity contribution < 1.29 is 4.79 Å². The van der Waals surface area contributed by atoms with Gasteiger partial charge in [0, 0.05) is 0 Å². The summed E-state index contributed by atoms with van der Waals surface area (Å²) >= 11 is 0. The Hall–Kier alpha value is -3.22. The molecule has 0 unspecified atom stereocenters. The van der Waals surface area contributed by atoms with Crippen LogP contribution >= 0.6 is 0 Å². The molecule has 4 aromatic carbocycles. The molecule has 2 heteroatoms. The van der Waals surface area contributed by atoms with Gasteiger partial charge in [-0.25, -0.2) is 4.79 Å². The molecule has 0 amide bonds. The van der Waals surface area contributed by atoms with E-state index in [1.807, 2.05) is 24.3 Å². The molecule has 0 spiro atoms. The standard InChI is InChI=1S/C21H13NO/c23-14-22-18-11-9-15(10-12-18)21-19-7-3-1-5-16(19)13-17-6-2-4-8-20(17)21/h1-13H. The van der Waals surface area contributed by atoms with Crippen LogP contribution in [0, 0.1) is 0 Å². The average molecular weight is 295 g/mol. The lowest BCUT2D eigenvalue weighted by Crippen LogP contribution is -1.85. The molecule has 0 aliphatic carbocycles. The second-order valence-corrected chi connectivity index (χ2v) is 5.44. The van der Waals surface area contributed by atoms with E-state index in [1.54, 1.807) is 6.08 Å². The zero-order valence-electron chi connectivity index (χ0n) is 12.4. The first-order valence-electron chi connectivity index (χ1n) is 7.45. The number of isocyanates is 1. The van der Waals surface area contributed by atoms with Gasteiger partial charge >= 0.3 is 0 Å². The van der Waals surface area contributed by atoms with E-state index in [0.717, 1.165) is 5.56 Å². The molecule has 4 rings (SSSR count). The number of benzene rings is 4. The van der Waals surface area contributed by atoms with Gasteiger partial charge in [0.2, 0.25) is 6.08 Å². The SMILES string of the molecule is O=C=Nc1ccc(-c2c3ccccc3cc3ccccc23)cc1. The molecule has 2 nitrogen and oxygen atoms in total. The fraction of sp³-hybridized carbons (Fsp3) is 0. The van der Waals surface area contributed by atoms with E-state index in [1.165, 1.54) is 27.1 Å². The Labute approximate surface area is 133 Å². The zero-order valence-corrected chi connectivity index (χ0v) is 12.4. The predicted octanol–water partition coefficient (Wildman–Crippen LogP) is 5.63. The van der Waals surface area contributed by atoms with E-state index in [9.17, 15) is 4.79 Å². The minimum Gasteiger partial charge on any atom is -0.211 e. The summed E-state index contributed by atoms with van der Waals surface area (Å²) in [6, 6.07) is 26.7. The largest absolute Gasteiger partial charge is 0.240 e. The van der Waals surface area contributed by atoms with Crippen LogP contribution in [0.4, 0.5) is 5.69 Å². The van der Waals surface area contributed by atoms with Gasteiger partial charge in [0.15, 0.2) is 0 Å². The van der Waals surface area contributed by atoms with E-state index < -0.39 is 0 Å². The van der Waals surface area contributed by atoms with Gasteiger partial charge in [-0.3, -0.25) is 0 Å². The third kappa shape index (κ3) is 2.32. The molecule has 108 valence electrons. The monoisotopic (exact) mass is 295 g/mol. The number of aliphatic imine (C=N–C) groups is 1. The van der Waals surface area contributed by atoms with Crippen molar-refractivity contribution in [3.8, 4) is 11.1 Å². The Balaban J connectivity index is 2.08. The number of carbonyl (C=O) groups excluding carboxylic acids is 1. The molecule has 0 fully saturated rings. The van der Waals surface area contributed by atoms with Gasteiger partial charge in [-0.2, -0.15) is 4.99 Å². The lowest BCUT2D eigenvalue weighted by atomic mass is 9.92. The molecule has 0 heterocycles. The maximum atomic E-state index is 10.4. The molecule has 0 aromatic heterocycles. The first kappa shape index (κ1) is 13.4. The van der Waals surface area contributed by atoms with Crippen molar-refractivity contribution in [3.63, 3.8) is 0 Å². The summed E-state index contributed by atoms with van der Waals surface area (Å²) in [4.78, 5) is 14.0. The summed E-state index contributed by atoms with van der Waals surface area (Å²) in [5.41, 5.74) is 2.94. The molecule has 0 saturated heterocycles. The molecule has 0 saturated carbocycles. The van der Waals surface area contributed by atoms with Gasteiger partial charge in [-0.15, -0.1) is 0 Å². The number of hydrogen-bond acceptors (Lipinski definition) is 2. The lowest BCUT2D eigenvalue weighted by molar-refractivity contribution is 0.565. The summed E-state index contributed by atoms with van der Waals surface area (Å²) < 4.78 is 0. The van der Waals surface area contributed by atoms with Gasteiger partial charge in [-0.05, 0) is 50.9 Å². The maximum absolute atomic E-state index is 10.4. The van der Waals surface area contributed by atoms with Gasteiger partial charge < -0.3 is 0 Å². The quantitative estimate of drug-likeness (QED) is 0.268. The number of rotatable bonds is 2. The fourth-order valence-corrected chi connectivity index (χ4v) is 3.08. The van der Waals surface area contributed by atoms with Gasteiger partial charge in [0.05, 0.1) is 5.69 Å². The first-order valence-corrected chi connectivity index (χ1v) is 7.45. The normalized spacial score (nSPS) is 10.6. The minimum atomic E-state index is 0.619. The minimum absolute atomic E-state index is 0.619. The Bertz CT molecular complexity index is 1000. The molecule has 0 aliphatic rings. The second kappa shape index (κ2) is 5.53. The van der Waals surface area contributed by atoms with Crippen LogP contribution in [0.2, 0.25) is 0 Å². The summed E-state index contributed by atoms with van der Waals surface area (Å²) in [7, 11) is 0. The van der Waals surface area contributed by atoms with Gasteiger partial charge in [0.25, 0.3) is 0 Å². The van der Waals surface area contributed by atoms with Crippen LogP contribution in [0.1, 0.15) is 0 Å². The van der Waals surface area contributed by atoms with Crippen LogP contribution in [0.3, 0.4) is 0 Å². The maximum Gasteiger partial charge on any atom is 0.240 e. The van der Waals surface area contributed by atoms with Crippen LogP contribution in [0.5, 0.6) is 0 Å². The Morgan fingerprint density at radius 1 is 0.696 bits per heavy atom. The van der Waals surface area contributed by atoms with Gasteiger partial charge in [-0.1, -0.05) is 60.7 Å². The molecule has 0 aliphatic heterocycles. The molecule has 0 N–H and O–H groups in total. The van der Waals surface area contributed by atoms with Crippen molar-refractivity contribution in [1.82, 2.24) is 0 Å². The van der Waals surface area contributed by atoms with Gasteiger partial charge in [0.1, 0.15) is 0 Å². The van der Waals surface area contributed by atoms with Crippen molar-refractivity contribution >= 4 is 33.3 Å². The van der Waals surface area contributed by atoms with E-state index in [4.69, 9.17) is 0 Å². The van der Waals surface area contributed by atoms with E-state index in [0.29, 0.717) is 5.69 Å². The first-order chi connectivity index (χ1) is 11.4. The lowest BCUT2D eigenvalue weighted by Gasteiger charge is -2.12. The number of hydrogen-bond donors (Lipinski definition) is 0.